The quantitative estimate of drug-likeness (QED) is 0.509. The molecule has 0 aliphatic rings. The Hall–Kier alpha value is -0.430. The van der Waals surface area contributed by atoms with Crippen molar-refractivity contribution in [2.75, 3.05) is 19.6 Å². The van der Waals surface area contributed by atoms with Crippen LogP contribution in [0.1, 0.15) is 0 Å². The Morgan fingerprint density at radius 1 is 1.08 bits per heavy atom. The van der Waals surface area contributed by atoms with Crippen LogP contribution < -0.4 is 11.1 Å². The predicted octanol–water partition coefficient (Wildman–Crippen LogP) is 0.732. The average Bonchev–Trinajstić information content (AvgIpc) is 1.85. The second-order valence-corrected chi connectivity index (χ2v) is 2.17. The number of halogens is 5. The number of alkyl halides is 5. The smallest absolute Gasteiger partial charge is 0.329 e. The largest absolute Gasteiger partial charge is 0.454 e. The Bertz CT molecular complexity index is 132. The maximum absolute atomic E-state index is 12.0. The number of hydrogen-bond acceptors (Lipinski definition) is 2. The van der Waals surface area contributed by atoms with E-state index < -0.39 is 18.6 Å². The number of rotatable bonds is 4. The van der Waals surface area contributed by atoms with Gasteiger partial charge in [-0.25, -0.2) is 0 Å². The van der Waals surface area contributed by atoms with Gasteiger partial charge in [-0.1, -0.05) is 0 Å². The number of hydrogen-bond donors (Lipinski definition) is 2. The third kappa shape index (κ3) is 3.31. The zero-order valence-electron chi connectivity index (χ0n) is 6.09. The number of nitrogens with one attached hydrogen (secondary N) is 1. The molecule has 0 aliphatic heterocycles. The van der Waals surface area contributed by atoms with Crippen molar-refractivity contribution < 1.29 is 22.0 Å². The van der Waals surface area contributed by atoms with Gasteiger partial charge >= 0.3 is 12.1 Å². The molecule has 0 amide bonds. The summed E-state index contributed by atoms with van der Waals surface area (Å²) in [4.78, 5) is 0. The van der Waals surface area contributed by atoms with E-state index in [0.29, 0.717) is 0 Å². The second kappa shape index (κ2) is 3.99. The van der Waals surface area contributed by atoms with E-state index in [2.05, 4.69) is 0 Å². The van der Waals surface area contributed by atoms with Gasteiger partial charge in [0.1, 0.15) is 0 Å². The van der Waals surface area contributed by atoms with Crippen LogP contribution in [-0.2, 0) is 0 Å². The van der Waals surface area contributed by atoms with Gasteiger partial charge in [-0.15, -0.1) is 0 Å². The van der Waals surface area contributed by atoms with Crippen LogP contribution in [0.3, 0.4) is 0 Å². The fourth-order valence-electron chi connectivity index (χ4n) is 0.448. The van der Waals surface area contributed by atoms with Gasteiger partial charge in [0.15, 0.2) is 0 Å². The molecule has 0 heterocycles. The SMILES string of the molecule is NCCNCC(F)(F)C(F)(F)F. The molecule has 0 aromatic carbocycles. The van der Waals surface area contributed by atoms with Crippen molar-refractivity contribution in [1.82, 2.24) is 5.32 Å². The lowest BCUT2D eigenvalue weighted by Crippen LogP contribution is -2.46. The summed E-state index contributed by atoms with van der Waals surface area (Å²) in [6.45, 7) is -1.46. The molecule has 12 heavy (non-hydrogen) atoms. The van der Waals surface area contributed by atoms with Crippen molar-refractivity contribution in [3.8, 4) is 0 Å². The molecule has 0 spiro atoms. The minimum Gasteiger partial charge on any atom is -0.329 e. The molecule has 0 saturated heterocycles. The molecule has 0 aromatic heterocycles. The summed E-state index contributed by atoms with van der Waals surface area (Å²) in [5.41, 5.74) is 4.88. The maximum Gasteiger partial charge on any atom is 0.454 e. The Balaban J connectivity index is 3.88. The summed E-state index contributed by atoms with van der Waals surface area (Å²) in [6, 6.07) is 0. The third-order valence-electron chi connectivity index (χ3n) is 1.08. The van der Waals surface area contributed by atoms with Crippen LogP contribution in [0.5, 0.6) is 0 Å². The van der Waals surface area contributed by atoms with Crippen LogP contribution >= 0.6 is 0 Å². The lowest BCUT2D eigenvalue weighted by molar-refractivity contribution is -0.279. The van der Waals surface area contributed by atoms with Crippen molar-refractivity contribution in [2.45, 2.75) is 12.1 Å². The molecule has 0 bridgehead atoms. The molecule has 0 radical (unpaired) electrons. The van der Waals surface area contributed by atoms with Crippen molar-refractivity contribution >= 4 is 0 Å². The minimum absolute atomic E-state index is 0.0218. The fraction of sp³-hybridized carbons (Fsp3) is 1.00. The summed E-state index contributed by atoms with van der Waals surface area (Å²) < 4.78 is 58.4. The summed E-state index contributed by atoms with van der Waals surface area (Å²) in [5, 5.41) is 1.89. The van der Waals surface area contributed by atoms with E-state index in [9.17, 15) is 22.0 Å². The van der Waals surface area contributed by atoms with Gasteiger partial charge in [0.2, 0.25) is 0 Å². The van der Waals surface area contributed by atoms with Crippen molar-refractivity contribution in [3.05, 3.63) is 0 Å². The topological polar surface area (TPSA) is 38.0 Å². The molecule has 74 valence electrons. The normalized spacial score (nSPS) is 13.5. The zero-order chi connectivity index (χ0) is 9.83. The second-order valence-electron chi connectivity index (χ2n) is 2.17. The highest BCUT2D eigenvalue weighted by Crippen LogP contribution is 2.34. The fourth-order valence-corrected chi connectivity index (χ4v) is 0.448. The molecule has 0 saturated carbocycles. The Labute approximate surface area is 65.9 Å². The summed E-state index contributed by atoms with van der Waals surface area (Å²) in [7, 11) is 0. The first kappa shape index (κ1) is 11.6. The summed E-state index contributed by atoms with van der Waals surface area (Å²) in [6.07, 6.45) is -5.49. The molecular weight excluding hydrogens is 183 g/mol. The summed E-state index contributed by atoms with van der Waals surface area (Å²) in [5.74, 6) is -4.68. The van der Waals surface area contributed by atoms with Crippen LogP contribution in [-0.4, -0.2) is 31.7 Å². The minimum atomic E-state index is -5.49. The van der Waals surface area contributed by atoms with E-state index in [4.69, 9.17) is 5.73 Å². The van der Waals surface area contributed by atoms with E-state index in [-0.39, 0.29) is 13.1 Å². The molecule has 0 aromatic rings. The first-order valence-electron chi connectivity index (χ1n) is 3.16. The first-order chi connectivity index (χ1) is 5.31. The third-order valence-corrected chi connectivity index (χ3v) is 1.08. The van der Waals surface area contributed by atoms with Crippen LogP contribution in [0.25, 0.3) is 0 Å². The van der Waals surface area contributed by atoms with Gasteiger partial charge in [-0.3, -0.25) is 0 Å². The molecule has 0 aliphatic carbocycles. The lowest BCUT2D eigenvalue weighted by atomic mass is 10.3. The molecule has 3 N–H and O–H groups in total. The van der Waals surface area contributed by atoms with E-state index in [1.807, 2.05) is 5.32 Å². The van der Waals surface area contributed by atoms with Crippen molar-refractivity contribution in [2.24, 2.45) is 5.73 Å². The van der Waals surface area contributed by atoms with E-state index in [1.54, 1.807) is 0 Å². The molecular formula is C5H9F5N2. The lowest BCUT2D eigenvalue weighted by Gasteiger charge is -2.19. The highest BCUT2D eigenvalue weighted by atomic mass is 19.4. The molecule has 0 unspecified atom stereocenters. The van der Waals surface area contributed by atoms with Gasteiger partial charge < -0.3 is 11.1 Å². The monoisotopic (exact) mass is 192 g/mol. The Morgan fingerprint density at radius 3 is 1.92 bits per heavy atom. The van der Waals surface area contributed by atoms with Crippen LogP contribution in [0, 0.1) is 0 Å². The van der Waals surface area contributed by atoms with E-state index >= 15 is 0 Å². The highest BCUT2D eigenvalue weighted by molar-refractivity contribution is 4.77. The maximum atomic E-state index is 12.0. The molecule has 7 heteroatoms. The number of nitrogens with two attached hydrogens (primary N) is 1. The highest BCUT2D eigenvalue weighted by Gasteiger charge is 2.56. The Morgan fingerprint density at radius 2 is 1.58 bits per heavy atom. The Kier molecular flexibility index (Phi) is 3.85. The van der Waals surface area contributed by atoms with E-state index in [0.717, 1.165) is 0 Å². The van der Waals surface area contributed by atoms with Crippen molar-refractivity contribution in [1.29, 1.82) is 0 Å². The van der Waals surface area contributed by atoms with Gasteiger partial charge in [0.25, 0.3) is 0 Å². The van der Waals surface area contributed by atoms with Crippen LogP contribution in [0.15, 0.2) is 0 Å². The zero-order valence-corrected chi connectivity index (χ0v) is 6.09. The molecule has 0 fully saturated rings. The van der Waals surface area contributed by atoms with Crippen LogP contribution in [0.2, 0.25) is 0 Å². The van der Waals surface area contributed by atoms with E-state index in [1.165, 1.54) is 0 Å². The summed E-state index contributed by atoms with van der Waals surface area (Å²) >= 11 is 0. The predicted molar refractivity (Wildman–Crippen MR) is 32.9 cm³/mol. The average molecular weight is 192 g/mol. The van der Waals surface area contributed by atoms with Gasteiger partial charge in [-0.05, 0) is 0 Å². The van der Waals surface area contributed by atoms with Gasteiger partial charge in [0, 0.05) is 13.1 Å². The molecule has 2 nitrogen and oxygen atoms in total. The molecule has 0 rings (SSSR count). The first-order valence-corrected chi connectivity index (χ1v) is 3.16. The van der Waals surface area contributed by atoms with Crippen molar-refractivity contribution in [3.63, 3.8) is 0 Å². The standard InChI is InChI=1S/C5H9F5N2/c6-4(7,5(8,9)10)3-12-2-1-11/h12H,1-3,11H2. The van der Waals surface area contributed by atoms with Crippen LogP contribution in [0.4, 0.5) is 22.0 Å². The molecule has 0 atom stereocenters. The van der Waals surface area contributed by atoms with Gasteiger partial charge in [-0.2, -0.15) is 22.0 Å². The van der Waals surface area contributed by atoms with Gasteiger partial charge in [0.05, 0.1) is 6.54 Å².